The Labute approximate surface area is 105 Å². The van der Waals surface area contributed by atoms with E-state index in [1.807, 2.05) is 30.3 Å². The lowest BCUT2D eigenvalue weighted by molar-refractivity contribution is 0.279. The van der Waals surface area contributed by atoms with Crippen LogP contribution in [0.4, 0.5) is 0 Å². The first-order valence-electron chi connectivity index (χ1n) is 6.06. The molecule has 0 amide bonds. The molecule has 18 heavy (non-hydrogen) atoms. The molecule has 0 bridgehead atoms. The van der Waals surface area contributed by atoms with E-state index in [-0.39, 0.29) is 13.2 Å². The van der Waals surface area contributed by atoms with Crippen LogP contribution in [0.25, 0.3) is 21.8 Å². The van der Waals surface area contributed by atoms with Gasteiger partial charge in [-0.25, -0.2) is 0 Å². The second kappa shape index (κ2) is 4.44. The summed E-state index contributed by atoms with van der Waals surface area (Å²) < 4.78 is 2.12. The lowest BCUT2D eigenvalue weighted by Crippen LogP contribution is -2.01. The monoisotopic (exact) mass is 241 g/mol. The summed E-state index contributed by atoms with van der Waals surface area (Å²) in [5, 5.41) is 20.7. The van der Waals surface area contributed by atoms with Gasteiger partial charge in [-0.3, -0.25) is 0 Å². The Morgan fingerprint density at radius 1 is 0.889 bits per heavy atom. The summed E-state index contributed by atoms with van der Waals surface area (Å²) in [5.41, 5.74) is 3.13. The summed E-state index contributed by atoms with van der Waals surface area (Å²) in [6, 6.07) is 14.1. The van der Waals surface area contributed by atoms with Crippen molar-refractivity contribution < 1.29 is 10.2 Å². The first kappa shape index (κ1) is 11.3. The van der Waals surface area contributed by atoms with Gasteiger partial charge in [-0.15, -0.1) is 0 Å². The minimum absolute atomic E-state index is 0.0510. The summed E-state index contributed by atoms with van der Waals surface area (Å²) in [5.74, 6) is 0. The minimum Gasteiger partial charge on any atom is -0.395 e. The summed E-state index contributed by atoms with van der Waals surface area (Å²) >= 11 is 0. The highest BCUT2D eigenvalue weighted by molar-refractivity contribution is 6.08. The number of nitrogens with zero attached hydrogens (tertiary/aromatic N) is 1. The molecule has 1 aromatic heterocycles. The number of benzene rings is 2. The van der Waals surface area contributed by atoms with Crippen molar-refractivity contribution in [1.29, 1.82) is 0 Å². The maximum Gasteiger partial charge on any atom is 0.0682 e. The molecule has 0 unspecified atom stereocenters. The van der Waals surface area contributed by atoms with Crippen LogP contribution in [0.15, 0.2) is 42.5 Å². The average Bonchev–Trinajstić information content (AvgIpc) is 2.74. The SMILES string of the molecule is OCCn1c2ccccc2c2cc(CO)ccc21. The second-order valence-electron chi connectivity index (χ2n) is 4.40. The predicted molar refractivity (Wildman–Crippen MR) is 72.5 cm³/mol. The molecule has 1 heterocycles. The van der Waals surface area contributed by atoms with E-state index in [1.165, 1.54) is 0 Å². The van der Waals surface area contributed by atoms with Gasteiger partial charge in [0.25, 0.3) is 0 Å². The third-order valence-electron chi connectivity index (χ3n) is 3.34. The van der Waals surface area contributed by atoms with Gasteiger partial charge < -0.3 is 14.8 Å². The summed E-state index contributed by atoms with van der Waals surface area (Å²) in [4.78, 5) is 0. The van der Waals surface area contributed by atoms with E-state index in [2.05, 4.69) is 16.7 Å². The number of aliphatic hydroxyl groups is 2. The molecule has 0 spiro atoms. The first-order valence-corrected chi connectivity index (χ1v) is 6.06. The van der Waals surface area contributed by atoms with Crippen molar-refractivity contribution in [3.8, 4) is 0 Å². The second-order valence-corrected chi connectivity index (χ2v) is 4.40. The van der Waals surface area contributed by atoms with Gasteiger partial charge in [-0.05, 0) is 23.8 Å². The van der Waals surface area contributed by atoms with E-state index in [4.69, 9.17) is 0 Å². The Morgan fingerprint density at radius 2 is 1.67 bits per heavy atom. The van der Waals surface area contributed by atoms with E-state index >= 15 is 0 Å². The first-order chi connectivity index (χ1) is 8.85. The van der Waals surface area contributed by atoms with E-state index in [1.54, 1.807) is 0 Å². The fourth-order valence-corrected chi connectivity index (χ4v) is 2.54. The van der Waals surface area contributed by atoms with Crippen molar-refractivity contribution in [3.63, 3.8) is 0 Å². The Kier molecular flexibility index (Phi) is 2.78. The zero-order valence-corrected chi connectivity index (χ0v) is 10.0. The molecule has 2 N–H and O–H groups in total. The predicted octanol–water partition coefficient (Wildman–Crippen LogP) is 2.28. The summed E-state index contributed by atoms with van der Waals surface area (Å²) in [6.07, 6.45) is 0. The van der Waals surface area contributed by atoms with Crippen LogP contribution in [-0.4, -0.2) is 21.4 Å². The molecule has 3 rings (SSSR count). The van der Waals surface area contributed by atoms with Crippen LogP contribution in [0.5, 0.6) is 0 Å². The number of aromatic nitrogens is 1. The molecular formula is C15H15NO2. The van der Waals surface area contributed by atoms with Gasteiger partial charge in [0.05, 0.1) is 13.2 Å². The van der Waals surface area contributed by atoms with Gasteiger partial charge in [0, 0.05) is 28.4 Å². The van der Waals surface area contributed by atoms with Crippen LogP contribution in [0, 0.1) is 0 Å². The van der Waals surface area contributed by atoms with Crippen molar-refractivity contribution in [1.82, 2.24) is 4.57 Å². The zero-order valence-electron chi connectivity index (χ0n) is 10.0. The van der Waals surface area contributed by atoms with Crippen LogP contribution in [0.1, 0.15) is 5.56 Å². The fourth-order valence-electron chi connectivity index (χ4n) is 2.54. The van der Waals surface area contributed by atoms with Crippen molar-refractivity contribution in [2.75, 3.05) is 6.61 Å². The molecule has 3 aromatic rings. The highest BCUT2D eigenvalue weighted by Gasteiger charge is 2.09. The number of para-hydroxylation sites is 1. The quantitative estimate of drug-likeness (QED) is 0.739. The number of rotatable bonds is 3. The highest BCUT2D eigenvalue weighted by Crippen LogP contribution is 2.29. The largest absolute Gasteiger partial charge is 0.395 e. The molecule has 0 aliphatic rings. The number of hydrogen-bond donors (Lipinski definition) is 2. The van der Waals surface area contributed by atoms with Gasteiger partial charge >= 0.3 is 0 Å². The standard InChI is InChI=1S/C15H15NO2/c17-8-7-16-14-4-2-1-3-12(14)13-9-11(10-18)5-6-15(13)16/h1-6,9,17-18H,7-8,10H2. The highest BCUT2D eigenvalue weighted by atomic mass is 16.3. The molecule has 0 aliphatic carbocycles. The van der Waals surface area contributed by atoms with Crippen molar-refractivity contribution in [2.45, 2.75) is 13.2 Å². The summed E-state index contributed by atoms with van der Waals surface area (Å²) in [6.45, 7) is 0.757. The smallest absolute Gasteiger partial charge is 0.0682 e. The van der Waals surface area contributed by atoms with Crippen molar-refractivity contribution in [2.24, 2.45) is 0 Å². The Morgan fingerprint density at radius 3 is 2.44 bits per heavy atom. The molecular weight excluding hydrogens is 226 g/mol. The van der Waals surface area contributed by atoms with Crippen LogP contribution in [0.2, 0.25) is 0 Å². The minimum atomic E-state index is 0.0510. The molecule has 92 valence electrons. The molecule has 3 nitrogen and oxygen atoms in total. The van der Waals surface area contributed by atoms with Crippen LogP contribution in [-0.2, 0) is 13.2 Å². The lowest BCUT2D eigenvalue weighted by Gasteiger charge is -2.04. The Bertz CT molecular complexity index is 700. The Balaban J connectivity index is 2.41. The van der Waals surface area contributed by atoms with E-state index in [0.29, 0.717) is 6.54 Å². The molecule has 0 aliphatic heterocycles. The molecule has 0 radical (unpaired) electrons. The van der Waals surface area contributed by atoms with E-state index < -0.39 is 0 Å². The number of aliphatic hydroxyl groups excluding tert-OH is 2. The van der Waals surface area contributed by atoms with Gasteiger partial charge in [0.1, 0.15) is 0 Å². The van der Waals surface area contributed by atoms with E-state index in [9.17, 15) is 10.2 Å². The van der Waals surface area contributed by atoms with E-state index in [0.717, 1.165) is 27.4 Å². The number of hydrogen-bond acceptors (Lipinski definition) is 2. The van der Waals surface area contributed by atoms with Crippen molar-refractivity contribution in [3.05, 3.63) is 48.0 Å². The molecule has 0 atom stereocenters. The molecule has 0 saturated carbocycles. The molecule has 0 fully saturated rings. The van der Waals surface area contributed by atoms with Crippen LogP contribution in [0.3, 0.4) is 0 Å². The average molecular weight is 241 g/mol. The third-order valence-corrected chi connectivity index (χ3v) is 3.34. The van der Waals surface area contributed by atoms with Crippen LogP contribution < -0.4 is 0 Å². The van der Waals surface area contributed by atoms with Gasteiger partial charge in [-0.2, -0.15) is 0 Å². The van der Waals surface area contributed by atoms with Gasteiger partial charge in [0.15, 0.2) is 0 Å². The van der Waals surface area contributed by atoms with Gasteiger partial charge in [0.2, 0.25) is 0 Å². The van der Waals surface area contributed by atoms with Crippen molar-refractivity contribution >= 4 is 21.8 Å². The normalized spacial score (nSPS) is 11.4. The summed E-state index contributed by atoms with van der Waals surface area (Å²) in [7, 11) is 0. The van der Waals surface area contributed by atoms with Gasteiger partial charge in [-0.1, -0.05) is 24.3 Å². The zero-order chi connectivity index (χ0) is 12.5. The molecule has 2 aromatic carbocycles. The topological polar surface area (TPSA) is 45.4 Å². The molecule has 3 heteroatoms. The maximum atomic E-state index is 9.23. The maximum absolute atomic E-state index is 9.23. The van der Waals surface area contributed by atoms with Crippen LogP contribution >= 0.6 is 0 Å². The lowest BCUT2D eigenvalue weighted by atomic mass is 10.1. The fraction of sp³-hybridized carbons (Fsp3) is 0.200. The Hall–Kier alpha value is -1.84. The third kappa shape index (κ3) is 1.60. The number of fused-ring (bicyclic) bond motifs is 3. The molecule has 0 saturated heterocycles.